The highest BCUT2D eigenvalue weighted by atomic mass is 16.5. The van der Waals surface area contributed by atoms with Gasteiger partial charge in [0.25, 0.3) is 0 Å². The Morgan fingerprint density at radius 2 is 2.13 bits per heavy atom. The van der Waals surface area contributed by atoms with Gasteiger partial charge < -0.3 is 15.2 Å². The van der Waals surface area contributed by atoms with Gasteiger partial charge in [0, 0.05) is 13.2 Å². The minimum Gasteiger partial charge on any atom is -0.391 e. The van der Waals surface area contributed by atoms with Gasteiger partial charge >= 0.3 is 0 Å². The summed E-state index contributed by atoms with van der Waals surface area (Å²) in [6.45, 7) is 2.06. The van der Waals surface area contributed by atoms with Gasteiger partial charge in [-0.15, -0.1) is 0 Å². The van der Waals surface area contributed by atoms with Gasteiger partial charge in [-0.05, 0) is 12.0 Å². The predicted octanol–water partition coefficient (Wildman–Crippen LogP) is 0.926. The first kappa shape index (κ1) is 10.6. The highest BCUT2D eigenvalue weighted by molar-refractivity contribution is 5.14. The summed E-state index contributed by atoms with van der Waals surface area (Å²) < 4.78 is 5.32. The number of aliphatic hydroxyl groups is 1. The lowest BCUT2D eigenvalue weighted by molar-refractivity contribution is -0.0159. The molecular formula is C12H17NO2. The quantitative estimate of drug-likeness (QED) is 0.774. The molecule has 0 aliphatic carbocycles. The number of aliphatic hydroxyl groups excluding tert-OH is 1. The second-order valence-corrected chi connectivity index (χ2v) is 3.90. The summed E-state index contributed by atoms with van der Waals surface area (Å²) in [6, 6.07) is 10.3. The molecule has 1 aliphatic rings. The third kappa shape index (κ3) is 3.02. The van der Waals surface area contributed by atoms with Gasteiger partial charge in [0.2, 0.25) is 0 Å². The fourth-order valence-electron chi connectivity index (χ4n) is 1.77. The Labute approximate surface area is 90.1 Å². The van der Waals surface area contributed by atoms with Crippen molar-refractivity contribution in [2.75, 3.05) is 13.2 Å². The SMILES string of the molecule is O[C@@H]1CCOC[C@@H]1NCc1ccccc1. The average molecular weight is 207 g/mol. The van der Waals surface area contributed by atoms with Crippen molar-refractivity contribution in [1.82, 2.24) is 5.32 Å². The van der Waals surface area contributed by atoms with E-state index in [1.54, 1.807) is 0 Å². The first-order chi connectivity index (χ1) is 7.36. The highest BCUT2D eigenvalue weighted by Gasteiger charge is 2.22. The van der Waals surface area contributed by atoms with Gasteiger partial charge in [-0.3, -0.25) is 0 Å². The Balaban J connectivity index is 1.82. The molecule has 0 amide bonds. The molecule has 0 saturated carbocycles. The maximum Gasteiger partial charge on any atom is 0.0737 e. The van der Waals surface area contributed by atoms with Crippen LogP contribution in [-0.4, -0.2) is 30.5 Å². The largest absolute Gasteiger partial charge is 0.391 e. The van der Waals surface area contributed by atoms with Crippen molar-refractivity contribution in [3.05, 3.63) is 35.9 Å². The zero-order valence-electron chi connectivity index (χ0n) is 8.73. The van der Waals surface area contributed by atoms with Gasteiger partial charge in [-0.25, -0.2) is 0 Å². The number of nitrogens with one attached hydrogen (secondary N) is 1. The maximum atomic E-state index is 9.70. The molecule has 1 fully saturated rings. The summed E-state index contributed by atoms with van der Waals surface area (Å²) in [4.78, 5) is 0. The highest BCUT2D eigenvalue weighted by Crippen LogP contribution is 2.08. The molecule has 1 saturated heterocycles. The van der Waals surface area contributed by atoms with Crippen LogP contribution in [0, 0.1) is 0 Å². The van der Waals surface area contributed by atoms with E-state index in [0.717, 1.165) is 13.0 Å². The van der Waals surface area contributed by atoms with Crippen molar-refractivity contribution in [3.63, 3.8) is 0 Å². The van der Waals surface area contributed by atoms with Crippen LogP contribution in [0.4, 0.5) is 0 Å². The Hall–Kier alpha value is -0.900. The van der Waals surface area contributed by atoms with Crippen molar-refractivity contribution >= 4 is 0 Å². The van der Waals surface area contributed by atoms with Crippen LogP contribution in [0.1, 0.15) is 12.0 Å². The molecule has 15 heavy (non-hydrogen) atoms. The summed E-state index contributed by atoms with van der Waals surface area (Å²) in [5, 5.41) is 13.0. The molecule has 1 aliphatic heterocycles. The first-order valence-electron chi connectivity index (χ1n) is 5.39. The number of hydrogen-bond donors (Lipinski definition) is 2. The molecule has 0 spiro atoms. The third-order valence-corrected chi connectivity index (χ3v) is 2.73. The van der Waals surface area contributed by atoms with Crippen molar-refractivity contribution in [3.8, 4) is 0 Å². The van der Waals surface area contributed by atoms with E-state index in [0.29, 0.717) is 13.2 Å². The van der Waals surface area contributed by atoms with Crippen LogP contribution in [0.2, 0.25) is 0 Å². The topological polar surface area (TPSA) is 41.5 Å². The normalized spacial score (nSPS) is 26.5. The van der Waals surface area contributed by atoms with Gasteiger partial charge in [0.15, 0.2) is 0 Å². The number of rotatable bonds is 3. The molecule has 0 unspecified atom stereocenters. The van der Waals surface area contributed by atoms with Crippen LogP contribution in [0.25, 0.3) is 0 Å². The monoisotopic (exact) mass is 207 g/mol. The number of hydrogen-bond acceptors (Lipinski definition) is 3. The lowest BCUT2D eigenvalue weighted by Gasteiger charge is -2.28. The van der Waals surface area contributed by atoms with Crippen LogP contribution in [0.15, 0.2) is 30.3 Å². The second kappa shape index (κ2) is 5.26. The summed E-state index contributed by atoms with van der Waals surface area (Å²) in [5.74, 6) is 0. The lowest BCUT2D eigenvalue weighted by Crippen LogP contribution is -2.46. The summed E-state index contributed by atoms with van der Waals surface area (Å²) in [5.41, 5.74) is 1.23. The summed E-state index contributed by atoms with van der Waals surface area (Å²) >= 11 is 0. The van der Waals surface area contributed by atoms with Crippen LogP contribution < -0.4 is 5.32 Å². The van der Waals surface area contributed by atoms with Gasteiger partial charge in [0.1, 0.15) is 0 Å². The van der Waals surface area contributed by atoms with Crippen LogP contribution in [-0.2, 0) is 11.3 Å². The zero-order valence-corrected chi connectivity index (χ0v) is 8.73. The second-order valence-electron chi connectivity index (χ2n) is 3.90. The molecule has 2 atom stereocenters. The number of benzene rings is 1. The molecule has 2 rings (SSSR count). The molecule has 3 nitrogen and oxygen atoms in total. The van der Waals surface area contributed by atoms with E-state index in [4.69, 9.17) is 4.74 Å². The molecule has 0 bridgehead atoms. The molecule has 82 valence electrons. The summed E-state index contributed by atoms with van der Waals surface area (Å²) in [6.07, 6.45) is 0.453. The smallest absolute Gasteiger partial charge is 0.0737 e. The van der Waals surface area contributed by atoms with Crippen molar-refractivity contribution in [2.45, 2.75) is 25.1 Å². The van der Waals surface area contributed by atoms with E-state index in [9.17, 15) is 5.11 Å². The molecule has 1 heterocycles. The molecule has 1 aromatic rings. The summed E-state index contributed by atoms with van der Waals surface area (Å²) in [7, 11) is 0. The minimum absolute atomic E-state index is 0.0685. The van der Waals surface area contributed by atoms with Gasteiger partial charge in [0.05, 0.1) is 18.8 Å². The Bertz CT molecular complexity index is 289. The van der Waals surface area contributed by atoms with E-state index >= 15 is 0 Å². The van der Waals surface area contributed by atoms with Crippen LogP contribution in [0.3, 0.4) is 0 Å². The fourth-order valence-corrected chi connectivity index (χ4v) is 1.77. The van der Waals surface area contributed by atoms with Crippen molar-refractivity contribution in [1.29, 1.82) is 0 Å². The standard InChI is InChI=1S/C12H17NO2/c14-12-6-7-15-9-11(12)13-8-10-4-2-1-3-5-10/h1-5,11-14H,6-9H2/t11-,12+/m0/s1. The Morgan fingerprint density at radius 3 is 2.87 bits per heavy atom. The molecule has 2 N–H and O–H groups in total. The minimum atomic E-state index is -0.275. The molecular weight excluding hydrogens is 190 g/mol. The molecule has 0 radical (unpaired) electrons. The Kier molecular flexibility index (Phi) is 3.72. The van der Waals surface area contributed by atoms with E-state index < -0.39 is 0 Å². The van der Waals surface area contributed by atoms with Crippen molar-refractivity contribution < 1.29 is 9.84 Å². The third-order valence-electron chi connectivity index (χ3n) is 2.73. The van der Waals surface area contributed by atoms with E-state index in [1.165, 1.54) is 5.56 Å². The molecule has 0 aromatic heterocycles. The van der Waals surface area contributed by atoms with E-state index in [-0.39, 0.29) is 12.1 Å². The fraction of sp³-hybridized carbons (Fsp3) is 0.500. The van der Waals surface area contributed by atoms with E-state index in [1.807, 2.05) is 18.2 Å². The van der Waals surface area contributed by atoms with Gasteiger partial charge in [-0.1, -0.05) is 30.3 Å². The first-order valence-corrected chi connectivity index (χ1v) is 5.39. The Morgan fingerprint density at radius 1 is 1.33 bits per heavy atom. The zero-order chi connectivity index (χ0) is 10.5. The van der Waals surface area contributed by atoms with Gasteiger partial charge in [-0.2, -0.15) is 0 Å². The maximum absolute atomic E-state index is 9.70. The van der Waals surface area contributed by atoms with Crippen LogP contribution >= 0.6 is 0 Å². The average Bonchev–Trinajstić information content (AvgIpc) is 2.29. The predicted molar refractivity (Wildman–Crippen MR) is 58.5 cm³/mol. The molecule has 1 aromatic carbocycles. The number of ether oxygens (including phenoxy) is 1. The van der Waals surface area contributed by atoms with Crippen molar-refractivity contribution in [2.24, 2.45) is 0 Å². The van der Waals surface area contributed by atoms with Crippen LogP contribution in [0.5, 0.6) is 0 Å². The lowest BCUT2D eigenvalue weighted by atomic mass is 10.1. The molecule has 3 heteroatoms. The van der Waals surface area contributed by atoms with E-state index in [2.05, 4.69) is 17.4 Å².